The summed E-state index contributed by atoms with van der Waals surface area (Å²) in [5.74, 6) is 0.442. The highest BCUT2D eigenvalue weighted by Crippen LogP contribution is 2.36. The third-order valence-electron chi connectivity index (χ3n) is 6.14. The number of benzene rings is 3. The van der Waals surface area contributed by atoms with Crippen molar-refractivity contribution in [2.24, 2.45) is 5.92 Å². The molecule has 2 aliphatic rings. The van der Waals surface area contributed by atoms with E-state index in [9.17, 15) is 8.42 Å². The standard InChI is InChI=1S/C24H24N2O2S/c27-29(28,23-9-5-2-6-10-23)26-17-22-16-25(24(22)18-26)15-19-11-13-21(14-12-19)20-7-3-1-4-8-20/h1-14,22,24H,15-18H2/t22-,24-/m0/s1. The maximum Gasteiger partial charge on any atom is 0.243 e. The van der Waals surface area contributed by atoms with Crippen molar-refractivity contribution in [1.29, 1.82) is 0 Å². The molecule has 0 spiro atoms. The molecule has 0 aromatic heterocycles. The predicted molar refractivity (Wildman–Crippen MR) is 115 cm³/mol. The molecule has 5 heteroatoms. The first kappa shape index (κ1) is 18.6. The fourth-order valence-electron chi connectivity index (χ4n) is 4.49. The quantitative estimate of drug-likeness (QED) is 0.648. The second-order valence-electron chi connectivity index (χ2n) is 7.95. The van der Waals surface area contributed by atoms with Gasteiger partial charge in [0.05, 0.1) is 4.90 Å². The Morgan fingerprint density at radius 2 is 1.34 bits per heavy atom. The van der Waals surface area contributed by atoms with Gasteiger partial charge in [-0.2, -0.15) is 4.31 Å². The molecule has 0 amide bonds. The number of nitrogens with zero attached hydrogens (tertiary/aromatic N) is 2. The van der Waals surface area contributed by atoms with Crippen molar-refractivity contribution in [2.45, 2.75) is 17.5 Å². The van der Waals surface area contributed by atoms with Gasteiger partial charge in [-0.05, 0) is 28.8 Å². The van der Waals surface area contributed by atoms with Gasteiger partial charge in [0.1, 0.15) is 0 Å². The van der Waals surface area contributed by atoms with E-state index in [0.29, 0.717) is 29.9 Å². The van der Waals surface area contributed by atoms with Crippen LogP contribution in [0.15, 0.2) is 89.8 Å². The topological polar surface area (TPSA) is 40.6 Å². The average molecular weight is 405 g/mol. The van der Waals surface area contributed by atoms with Crippen LogP contribution >= 0.6 is 0 Å². The zero-order valence-electron chi connectivity index (χ0n) is 16.2. The molecule has 2 aliphatic heterocycles. The van der Waals surface area contributed by atoms with Crippen molar-refractivity contribution < 1.29 is 8.42 Å². The van der Waals surface area contributed by atoms with Crippen LogP contribution in [0.3, 0.4) is 0 Å². The van der Waals surface area contributed by atoms with Crippen LogP contribution in [-0.2, 0) is 16.6 Å². The summed E-state index contributed by atoms with van der Waals surface area (Å²) in [7, 11) is -3.39. The van der Waals surface area contributed by atoms with Gasteiger partial charge in [-0.1, -0.05) is 72.8 Å². The molecule has 3 aromatic carbocycles. The number of likely N-dealkylation sites (tertiary alicyclic amines) is 1. The highest BCUT2D eigenvalue weighted by molar-refractivity contribution is 7.89. The van der Waals surface area contributed by atoms with E-state index >= 15 is 0 Å². The van der Waals surface area contributed by atoms with E-state index in [1.807, 2.05) is 12.1 Å². The van der Waals surface area contributed by atoms with E-state index in [0.717, 1.165) is 13.1 Å². The van der Waals surface area contributed by atoms with Crippen LogP contribution in [0.2, 0.25) is 0 Å². The zero-order chi connectivity index (χ0) is 19.8. The maximum atomic E-state index is 12.9. The Morgan fingerprint density at radius 1 is 0.724 bits per heavy atom. The average Bonchev–Trinajstić information content (AvgIpc) is 3.11. The lowest BCUT2D eigenvalue weighted by molar-refractivity contribution is 0.0435. The molecule has 2 fully saturated rings. The maximum absolute atomic E-state index is 12.9. The number of fused-ring (bicyclic) bond motifs is 1. The van der Waals surface area contributed by atoms with Crippen LogP contribution in [0, 0.1) is 5.92 Å². The fourth-order valence-corrected chi connectivity index (χ4v) is 6.03. The predicted octanol–water partition coefficient (Wildman–Crippen LogP) is 3.86. The Hall–Kier alpha value is -2.47. The van der Waals surface area contributed by atoms with Gasteiger partial charge in [-0.3, -0.25) is 4.90 Å². The van der Waals surface area contributed by atoms with Crippen molar-refractivity contribution in [1.82, 2.24) is 9.21 Å². The molecule has 2 heterocycles. The van der Waals surface area contributed by atoms with Crippen LogP contribution in [-0.4, -0.2) is 43.3 Å². The molecule has 29 heavy (non-hydrogen) atoms. The van der Waals surface area contributed by atoms with E-state index < -0.39 is 10.0 Å². The molecule has 2 saturated heterocycles. The normalized spacial score (nSPS) is 22.2. The minimum atomic E-state index is -3.39. The molecule has 0 unspecified atom stereocenters. The van der Waals surface area contributed by atoms with E-state index in [-0.39, 0.29) is 0 Å². The van der Waals surface area contributed by atoms with Crippen molar-refractivity contribution in [3.8, 4) is 11.1 Å². The summed E-state index contributed by atoms with van der Waals surface area (Å²) in [6, 6.07) is 28.2. The molecule has 5 rings (SSSR count). The second kappa shape index (κ2) is 7.41. The lowest BCUT2D eigenvalue weighted by Gasteiger charge is -2.43. The van der Waals surface area contributed by atoms with Gasteiger partial charge in [0, 0.05) is 38.1 Å². The Morgan fingerprint density at radius 3 is 2.03 bits per heavy atom. The first-order valence-corrected chi connectivity index (χ1v) is 11.5. The first-order valence-electron chi connectivity index (χ1n) is 10.0. The summed E-state index contributed by atoms with van der Waals surface area (Å²) in [6.07, 6.45) is 0. The summed E-state index contributed by atoms with van der Waals surface area (Å²) < 4.78 is 27.5. The molecule has 0 bridgehead atoms. The van der Waals surface area contributed by atoms with Crippen molar-refractivity contribution in [3.63, 3.8) is 0 Å². The van der Waals surface area contributed by atoms with E-state index in [1.165, 1.54) is 16.7 Å². The molecular weight excluding hydrogens is 380 g/mol. The van der Waals surface area contributed by atoms with E-state index in [1.54, 1.807) is 28.6 Å². The van der Waals surface area contributed by atoms with Gasteiger partial charge in [0.25, 0.3) is 0 Å². The molecule has 4 nitrogen and oxygen atoms in total. The van der Waals surface area contributed by atoms with Crippen LogP contribution in [0.5, 0.6) is 0 Å². The molecule has 148 valence electrons. The Bertz CT molecular complexity index is 1080. The third kappa shape index (κ3) is 3.50. The first-order chi connectivity index (χ1) is 14.1. The van der Waals surface area contributed by atoms with Gasteiger partial charge < -0.3 is 0 Å². The summed E-state index contributed by atoms with van der Waals surface area (Å²) in [4.78, 5) is 2.80. The molecule has 0 radical (unpaired) electrons. The third-order valence-corrected chi connectivity index (χ3v) is 7.98. The minimum absolute atomic E-state index is 0.322. The van der Waals surface area contributed by atoms with Crippen LogP contribution in [0.1, 0.15) is 5.56 Å². The Balaban J connectivity index is 1.24. The minimum Gasteiger partial charge on any atom is -0.294 e. The summed E-state index contributed by atoms with van der Waals surface area (Å²) in [5, 5.41) is 0. The Kier molecular flexibility index (Phi) is 4.74. The monoisotopic (exact) mass is 404 g/mol. The number of hydrogen-bond donors (Lipinski definition) is 0. The van der Waals surface area contributed by atoms with Crippen LogP contribution in [0.4, 0.5) is 0 Å². The van der Waals surface area contributed by atoms with E-state index in [4.69, 9.17) is 0 Å². The summed E-state index contributed by atoms with van der Waals surface area (Å²) in [6.45, 7) is 3.05. The molecule has 2 atom stereocenters. The highest BCUT2D eigenvalue weighted by Gasteiger charge is 2.48. The smallest absolute Gasteiger partial charge is 0.243 e. The fraction of sp³-hybridized carbons (Fsp3) is 0.250. The number of rotatable bonds is 5. The van der Waals surface area contributed by atoms with Crippen molar-refractivity contribution in [3.05, 3.63) is 90.5 Å². The van der Waals surface area contributed by atoms with Crippen LogP contribution in [0.25, 0.3) is 11.1 Å². The highest BCUT2D eigenvalue weighted by atomic mass is 32.2. The number of hydrogen-bond acceptors (Lipinski definition) is 3. The lowest BCUT2D eigenvalue weighted by atomic mass is 9.91. The molecule has 3 aromatic rings. The Labute approximate surface area is 172 Å². The van der Waals surface area contributed by atoms with E-state index in [2.05, 4.69) is 53.4 Å². The van der Waals surface area contributed by atoms with Crippen LogP contribution < -0.4 is 0 Å². The summed E-state index contributed by atoms with van der Waals surface area (Å²) in [5.41, 5.74) is 3.71. The zero-order valence-corrected chi connectivity index (χ0v) is 17.0. The number of sulfonamides is 1. The van der Waals surface area contributed by atoms with Gasteiger partial charge in [-0.15, -0.1) is 0 Å². The molecule has 0 aliphatic carbocycles. The molecule has 0 saturated carbocycles. The van der Waals surface area contributed by atoms with Crippen molar-refractivity contribution in [2.75, 3.05) is 19.6 Å². The van der Waals surface area contributed by atoms with Crippen molar-refractivity contribution >= 4 is 10.0 Å². The van der Waals surface area contributed by atoms with Gasteiger partial charge in [0.2, 0.25) is 10.0 Å². The SMILES string of the molecule is O=S(=O)(c1ccccc1)N1C[C@@H]2CN(Cc3ccc(-c4ccccc4)cc3)[C@H]2C1. The molecule has 0 N–H and O–H groups in total. The second-order valence-corrected chi connectivity index (χ2v) is 9.89. The van der Waals surface area contributed by atoms with Gasteiger partial charge in [-0.25, -0.2) is 8.42 Å². The summed E-state index contributed by atoms with van der Waals surface area (Å²) >= 11 is 0. The molecular formula is C24H24N2O2S. The lowest BCUT2D eigenvalue weighted by Crippen LogP contribution is -2.54. The van der Waals surface area contributed by atoms with Gasteiger partial charge >= 0.3 is 0 Å². The largest absolute Gasteiger partial charge is 0.294 e. The van der Waals surface area contributed by atoms with Gasteiger partial charge in [0.15, 0.2) is 0 Å².